The summed E-state index contributed by atoms with van der Waals surface area (Å²) in [5, 5.41) is 8.81. The summed E-state index contributed by atoms with van der Waals surface area (Å²) in [7, 11) is 1.45. The molecule has 118 valence electrons. The zero-order valence-electron chi connectivity index (χ0n) is 13.3. The Hall–Kier alpha value is -0.830. The number of carboxylic acids is 1. The SMILES string of the molecule is CCCCCCCCC/C=C/CCCC(OC)C(=O)O. The van der Waals surface area contributed by atoms with Crippen molar-refractivity contribution in [2.75, 3.05) is 7.11 Å². The second-order valence-electron chi connectivity index (χ2n) is 5.37. The van der Waals surface area contributed by atoms with Crippen LogP contribution in [0.15, 0.2) is 12.2 Å². The predicted molar refractivity (Wildman–Crippen MR) is 84.0 cm³/mol. The van der Waals surface area contributed by atoms with E-state index in [0.717, 1.165) is 19.3 Å². The fourth-order valence-corrected chi connectivity index (χ4v) is 2.22. The Balaban J connectivity index is 3.30. The van der Waals surface area contributed by atoms with Crippen LogP contribution in [0, 0.1) is 0 Å². The van der Waals surface area contributed by atoms with Crippen LogP contribution in [-0.4, -0.2) is 24.3 Å². The molecule has 0 aromatic heterocycles. The van der Waals surface area contributed by atoms with Gasteiger partial charge in [0.25, 0.3) is 0 Å². The first-order valence-corrected chi connectivity index (χ1v) is 8.13. The average molecular weight is 284 g/mol. The Morgan fingerprint density at radius 3 is 2.10 bits per heavy atom. The van der Waals surface area contributed by atoms with Gasteiger partial charge in [-0.15, -0.1) is 0 Å². The maximum absolute atomic E-state index is 10.7. The van der Waals surface area contributed by atoms with Crippen molar-refractivity contribution in [3.63, 3.8) is 0 Å². The summed E-state index contributed by atoms with van der Waals surface area (Å²) in [6.45, 7) is 2.25. The lowest BCUT2D eigenvalue weighted by Crippen LogP contribution is -2.21. The van der Waals surface area contributed by atoms with E-state index in [1.807, 2.05) is 0 Å². The van der Waals surface area contributed by atoms with Gasteiger partial charge in [-0.25, -0.2) is 4.79 Å². The maximum atomic E-state index is 10.7. The summed E-state index contributed by atoms with van der Waals surface area (Å²) in [6, 6.07) is 0. The van der Waals surface area contributed by atoms with Crippen molar-refractivity contribution in [3.05, 3.63) is 12.2 Å². The molecule has 1 unspecified atom stereocenters. The molecule has 0 spiro atoms. The van der Waals surface area contributed by atoms with Crippen molar-refractivity contribution in [3.8, 4) is 0 Å². The Morgan fingerprint density at radius 2 is 1.55 bits per heavy atom. The van der Waals surface area contributed by atoms with Gasteiger partial charge in [0, 0.05) is 7.11 Å². The highest BCUT2D eigenvalue weighted by atomic mass is 16.5. The molecule has 0 aromatic rings. The maximum Gasteiger partial charge on any atom is 0.332 e. The van der Waals surface area contributed by atoms with Gasteiger partial charge in [0.2, 0.25) is 0 Å². The first-order chi connectivity index (χ1) is 9.72. The quantitative estimate of drug-likeness (QED) is 0.362. The van der Waals surface area contributed by atoms with E-state index in [1.165, 1.54) is 52.1 Å². The minimum absolute atomic E-state index is 0.591. The zero-order valence-corrected chi connectivity index (χ0v) is 13.3. The van der Waals surface area contributed by atoms with E-state index in [9.17, 15) is 4.79 Å². The molecule has 0 radical (unpaired) electrons. The van der Waals surface area contributed by atoms with Gasteiger partial charge < -0.3 is 9.84 Å². The largest absolute Gasteiger partial charge is 0.479 e. The number of hydrogen-bond donors (Lipinski definition) is 1. The number of unbranched alkanes of at least 4 members (excludes halogenated alkanes) is 8. The van der Waals surface area contributed by atoms with Crippen LogP contribution in [0.2, 0.25) is 0 Å². The molecule has 1 N–H and O–H groups in total. The lowest BCUT2D eigenvalue weighted by molar-refractivity contribution is -0.148. The van der Waals surface area contributed by atoms with E-state index in [-0.39, 0.29) is 0 Å². The van der Waals surface area contributed by atoms with Gasteiger partial charge in [0.15, 0.2) is 6.10 Å². The topological polar surface area (TPSA) is 46.5 Å². The number of methoxy groups -OCH3 is 1. The molecule has 0 rings (SSSR count). The number of aliphatic carboxylic acids is 1. The van der Waals surface area contributed by atoms with Crippen molar-refractivity contribution in [2.24, 2.45) is 0 Å². The van der Waals surface area contributed by atoms with E-state index in [0.29, 0.717) is 6.42 Å². The molecular weight excluding hydrogens is 252 g/mol. The number of rotatable bonds is 14. The molecular formula is C17H32O3. The van der Waals surface area contributed by atoms with Crippen LogP contribution in [0.25, 0.3) is 0 Å². The van der Waals surface area contributed by atoms with Gasteiger partial charge in [-0.2, -0.15) is 0 Å². The molecule has 3 heteroatoms. The number of allylic oxidation sites excluding steroid dienone is 2. The molecule has 0 aromatic carbocycles. The Bertz CT molecular complexity index is 249. The lowest BCUT2D eigenvalue weighted by Gasteiger charge is -2.08. The van der Waals surface area contributed by atoms with Crippen LogP contribution in [0.4, 0.5) is 0 Å². The molecule has 0 fully saturated rings. The van der Waals surface area contributed by atoms with Crippen LogP contribution in [0.3, 0.4) is 0 Å². The van der Waals surface area contributed by atoms with Gasteiger partial charge in [0.05, 0.1) is 0 Å². The van der Waals surface area contributed by atoms with E-state index < -0.39 is 12.1 Å². The highest BCUT2D eigenvalue weighted by molar-refractivity contribution is 5.72. The third-order valence-electron chi connectivity index (χ3n) is 3.54. The average Bonchev–Trinajstić information content (AvgIpc) is 2.43. The highest BCUT2D eigenvalue weighted by Gasteiger charge is 2.14. The normalized spacial score (nSPS) is 12.9. The second-order valence-corrected chi connectivity index (χ2v) is 5.37. The van der Waals surface area contributed by atoms with Crippen LogP contribution in [0.1, 0.15) is 77.6 Å². The molecule has 3 nitrogen and oxygen atoms in total. The summed E-state index contributed by atoms with van der Waals surface area (Å²) < 4.78 is 4.89. The summed E-state index contributed by atoms with van der Waals surface area (Å²) in [5.74, 6) is -0.862. The second kappa shape index (κ2) is 14.6. The Labute approximate surface area is 124 Å². The Morgan fingerprint density at radius 1 is 1.00 bits per heavy atom. The first kappa shape index (κ1) is 19.2. The molecule has 0 heterocycles. The fourth-order valence-electron chi connectivity index (χ4n) is 2.22. The summed E-state index contributed by atoms with van der Waals surface area (Å²) >= 11 is 0. The lowest BCUT2D eigenvalue weighted by atomic mass is 10.1. The predicted octanol–water partition coefficient (Wildman–Crippen LogP) is 4.95. The van der Waals surface area contributed by atoms with Gasteiger partial charge in [-0.1, -0.05) is 57.6 Å². The van der Waals surface area contributed by atoms with Crippen molar-refractivity contribution >= 4 is 5.97 Å². The van der Waals surface area contributed by atoms with Crippen molar-refractivity contribution < 1.29 is 14.6 Å². The number of hydrogen-bond acceptors (Lipinski definition) is 2. The third-order valence-corrected chi connectivity index (χ3v) is 3.54. The first-order valence-electron chi connectivity index (χ1n) is 8.13. The number of carbonyl (C=O) groups is 1. The summed E-state index contributed by atoms with van der Waals surface area (Å²) in [5.41, 5.74) is 0. The van der Waals surface area contributed by atoms with Gasteiger partial charge in [-0.05, 0) is 32.1 Å². The molecule has 0 saturated carbocycles. The van der Waals surface area contributed by atoms with Crippen molar-refractivity contribution in [1.29, 1.82) is 0 Å². The third kappa shape index (κ3) is 12.2. The number of ether oxygens (including phenoxy) is 1. The summed E-state index contributed by atoms with van der Waals surface area (Å²) in [6.07, 6.45) is 16.7. The summed E-state index contributed by atoms with van der Waals surface area (Å²) in [4.78, 5) is 10.7. The minimum Gasteiger partial charge on any atom is -0.479 e. The molecule has 0 saturated heterocycles. The molecule has 0 bridgehead atoms. The molecule has 20 heavy (non-hydrogen) atoms. The van der Waals surface area contributed by atoms with Gasteiger partial charge in [-0.3, -0.25) is 0 Å². The monoisotopic (exact) mass is 284 g/mol. The zero-order chi connectivity index (χ0) is 15.1. The van der Waals surface area contributed by atoms with Gasteiger partial charge >= 0.3 is 5.97 Å². The number of carboxylic acid groups (broad SMARTS) is 1. The molecule has 0 aliphatic rings. The molecule has 0 aliphatic carbocycles. The fraction of sp³-hybridized carbons (Fsp3) is 0.824. The molecule has 1 atom stereocenters. The van der Waals surface area contributed by atoms with E-state index in [2.05, 4.69) is 19.1 Å². The standard InChI is InChI=1S/C17H32O3/c1-3-4-5-6-7-8-9-10-11-12-13-14-15-16(20-2)17(18)19/h11-12,16H,3-10,13-15H2,1-2H3,(H,18,19)/b12-11+. The smallest absolute Gasteiger partial charge is 0.332 e. The Kier molecular flexibility index (Phi) is 14.0. The molecule has 0 amide bonds. The van der Waals surface area contributed by atoms with Crippen LogP contribution in [-0.2, 0) is 9.53 Å². The van der Waals surface area contributed by atoms with Crippen molar-refractivity contribution in [2.45, 2.75) is 83.7 Å². The van der Waals surface area contributed by atoms with Crippen LogP contribution in [0.5, 0.6) is 0 Å². The van der Waals surface area contributed by atoms with Crippen LogP contribution >= 0.6 is 0 Å². The van der Waals surface area contributed by atoms with E-state index in [1.54, 1.807) is 0 Å². The van der Waals surface area contributed by atoms with E-state index >= 15 is 0 Å². The van der Waals surface area contributed by atoms with Gasteiger partial charge in [0.1, 0.15) is 0 Å². The van der Waals surface area contributed by atoms with Crippen LogP contribution < -0.4 is 0 Å². The molecule has 0 aliphatic heterocycles. The highest BCUT2D eigenvalue weighted by Crippen LogP contribution is 2.09. The van der Waals surface area contributed by atoms with Crippen molar-refractivity contribution in [1.82, 2.24) is 0 Å². The minimum atomic E-state index is -0.862. The van der Waals surface area contributed by atoms with E-state index in [4.69, 9.17) is 9.84 Å².